The molecule has 0 nitrogen and oxygen atoms in total. The second-order valence-corrected chi connectivity index (χ2v) is 2.98. The first-order chi connectivity index (χ1) is 4.74. The third-order valence-electron chi connectivity index (χ3n) is 1.96. The van der Waals surface area contributed by atoms with Crippen molar-refractivity contribution in [1.82, 2.24) is 0 Å². The molecule has 0 aliphatic heterocycles. The third kappa shape index (κ3) is 1.50. The fourth-order valence-corrected chi connectivity index (χ4v) is 1.26. The monoisotopic (exact) mass is 135 g/mol. The van der Waals surface area contributed by atoms with Gasteiger partial charge in [0, 0.05) is 5.92 Å². The van der Waals surface area contributed by atoms with Crippen LogP contribution in [-0.2, 0) is 0 Å². The van der Waals surface area contributed by atoms with Crippen LogP contribution in [0.15, 0.2) is 23.3 Å². The maximum absolute atomic E-state index is 2.29. The standard InChI is InChI=1S/C10H15/c1-4-5-10-6-8(2)9(3)7-10/h6-7H,4-5H2,1-3H3. The van der Waals surface area contributed by atoms with Crippen molar-refractivity contribution in [3.8, 4) is 0 Å². The Hall–Kier alpha value is -0.520. The van der Waals surface area contributed by atoms with Gasteiger partial charge in [-0.2, -0.15) is 0 Å². The SMILES string of the molecule is CCCC1=C[C](C)C(C)=C1. The molecule has 10 heavy (non-hydrogen) atoms. The Balaban J connectivity index is 2.57. The van der Waals surface area contributed by atoms with Crippen LogP contribution in [0.2, 0.25) is 0 Å². The van der Waals surface area contributed by atoms with Gasteiger partial charge in [-0.05, 0) is 13.3 Å². The molecule has 0 atom stereocenters. The second kappa shape index (κ2) is 3.05. The first-order valence-electron chi connectivity index (χ1n) is 3.97. The summed E-state index contributed by atoms with van der Waals surface area (Å²) in [6, 6.07) is 0. The van der Waals surface area contributed by atoms with E-state index in [2.05, 4.69) is 32.9 Å². The van der Waals surface area contributed by atoms with Crippen LogP contribution >= 0.6 is 0 Å². The van der Waals surface area contributed by atoms with Gasteiger partial charge < -0.3 is 0 Å². The Labute approximate surface area is 63.6 Å². The molecule has 0 aromatic heterocycles. The van der Waals surface area contributed by atoms with Crippen LogP contribution in [0, 0.1) is 5.92 Å². The number of allylic oxidation sites excluding steroid dienone is 4. The Morgan fingerprint density at radius 2 is 1.90 bits per heavy atom. The van der Waals surface area contributed by atoms with Crippen LogP contribution in [0.3, 0.4) is 0 Å². The van der Waals surface area contributed by atoms with E-state index in [0.29, 0.717) is 0 Å². The molecule has 0 aromatic rings. The molecule has 1 aliphatic rings. The van der Waals surface area contributed by atoms with Crippen LogP contribution in [0.25, 0.3) is 0 Å². The summed E-state index contributed by atoms with van der Waals surface area (Å²) in [7, 11) is 0. The van der Waals surface area contributed by atoms with Crippen LogP contribution in [-0.4, -0.2) is 0 Å². The first kappa shape index (κ1) is 7.59. The topological polar surface area (TPSA) is 0 Å². The molecule has 0 amide bonds. The number of hydrogen-bond donors (Lipinski definition) is 0. The minimum atomic E-state index is 1.23. The molecule has 0 unspecified atom stereocenters. The van der Waals surface area contributed by atoms with E-state index in [1.165, 1.54) is 29.9 Å². The summed E-state index contributed by atoms with van der Waals surface area (Å²) in [5, 5.41) is 0. The molecule has 55 valence electrons. The van der Waals surface area contributed by atoms with Crippen LogP contribution in [0.4, 0.5) is 0 Å². The summed E-state index contributed by atoms with van der Waals surface area (Å²) in [5.41, 5.74) is 2.93. The highest BCUT2D eigenvalue weighted by Crippen LogP contribution is 2.27. The van der Waals surface area contributed by atoms with Crippen molar-refractivity contribution < 1.29 is 0 Å². The fourth-order valence-electron chi connectivity index (χ4n) is 1.26. The molecular formula is C10H15. The van der Waals surface area contributed by atoms with Crippen molar-refractivity contribution in [2.45, 2.75) is 33.6 Å². The van der Waals surface area contributed by atoms with E-state index in [4.69, 9.17) is 0 Å². The maximum Gasteiger partial charge on any atom is 0.0194 e. The molecule has 0 aromatic carbocycles. The zero-order chi connectivity index (χ0) is 7.56. The predicted molar refractivity (Wildman–Crippen MR) is 45.7 cm³/mol. The number of hydrogen-bond acceptors (Lipinski definition) is 0. The van der Waals surface area contributed by atoms with Crippen molar-refractivity contribution >= 4 is 0 Å². The van der Waals surface area contributed by atoms with Gasteiger partial charge in [-0.25, -0.2) is 0 Å². The lowest BCUT2D eigenvalue weighted by atomic mass is 10.1. The lowest BCUT2D eigenvalue weighted by Crippen LogP contribution is -1.80. The van der Waals surface area contributed by atoms with Gasteiger partial charge in [0.1, 0.15) is 0 Å². The molecular weight excluding hydrogens is 120 g/mol. The fraction of sp³-hybridized carbons (Fsp3) is 0.500. The maximum atomic E-state index is 2.29. The molecule has 0 saturated heterocycles. The van der Waals surface area contributed by atoms with E-state index in [9.17, 15) is 0 Å². The average molecular weight is 135 g/mol. The molecule has 0 fully saturated rings. The van der Waals surface area contributed by atoms with Crippen molar-refractivity contribution in [1.29, 1.82) is 0 Å². The summed E-state index contributed by atoms with van der Waals surface area (Å²) in [6.45, 7) is 6.57. The highest BCUT2D eigenvalue weighted by molar-refractivity contribution is 5.45. The predicted octanol–water partition coefficient (Wildman–Crippen LogP) is 3.27. The smallest absolute Gasteiger partial charge is 0.0194 e. The van der Waals surface area contributed by atoms with E-state index in [1.54, 1.807) is 0 Å². The van der Waals surface area contributed by atoms with Crippen molar-refractivity contribution in [3.63, 3.8) is 0 Å². The molecule has 1 rings (SSSR count). The quantitative estimate of drug-likeness (QED) is 0.545. The third-order valence-corrected chi connectivity index (χ3v) is 1.96. The van der Waals surface area contributed by atoms with Gasteiger partial charge in [0.25, 0.3) is 0 Å². The minimum absolute atomic E-state index is 1.23. The van der Waals surface area contributed by atoms with Gasteiger partial charge in [-0.1, -0.05) is 43.6 Å². The van der Waals surface area contributed by atoms with Crippen molar-refractivity contribution in [2.75, 3.05) is 0 Å². The normalized spacial score (nSPS) is 19.1. The molecule has 0 saturated carbocycles. The molecule has 1 aliphatic carbocycles. The van der Waals surface area contributed by atoms with Gasteiger partial charge in [0.15, 0.2) is 0 Å². The van der Waals surface area contributed by atoms with Gasteiger partial charge in [-0.15, -0.1) is 0 Å². The second-order valence-electron chi connectivity index (χ2n) is 2.98. The summed E-state index contributed by atoms with van der Waals surface area (Å²) in [5.74, 6) is 1.43. The van der Waals surface area contributed by atoms with Crippen LogP contribution < -0.4 is 0 Å². The number of rotatable bonds is 2. The molecule has 0 spiro atoms. The summed E-state index contributed by atoms with van der Waals surface area (Å²) < 4.78 is 0. The summed E-state index contributed by atoms with van der Waals surface area (Å²) in [4.78, 5) is 0. The highest BCUT2D eigenvalue weighted by atomic mass is 14.1. The van der Waals surface area contributed by atoms with Gasteiger partial charge in [0.2, 0.25) is 0 Å². The van der Waals surface area contributed by atoms with Gasteiger partial charge in [-0.3, -0.25) is 0 Å². The van der Waals surface area contributed by atoms with E-state index in [-0.39, 0.29) is 0 Å². The first-order valence-corrected chi connectivity index (χ1v) is 3.97. The Bertz CT molecular complexity index is 172. The summed E-state index contributed by atoms with van der Waals surface area (Å²) in [6.07, 6.45) is 7.06. The highest BCUT2D eigenvalue weighted by Gasteiger charge is 2.09. The molecule has 0 bridgehead atoms. The molecule has 0 heterocycles. The largest absolute Gasteiger partial charge is 0.0701 e. The molecule has 0 N–H and O–H groups in total. The van der Waals surface area contributed by atoms with Gasteiger partial charge >= 0.3 is 0 Å². The molecule has 0 heteroatoms. The Morgan fingerprint density at radius 1 is 1.20 bits per heavy atom. The Kier molecular flexibility index (Phi) is 2.31. The van der Waals surface area contributed by atoms with Crippen molar-refractivity contribution in [2.24, 2.45) is 0 Å². The Morgan fingerprint density at radius 3 is 2.30 bits per heavy atom. The summed E-state index contributed by atoms with van der Waals surface area (Å²) >= 11 is 0. The van der Waals surface area contributed by atoms with E-state index in [1.807, 2.05) is 0 Å². The minimum Gasteiger partial charge on any atom is -0.0701 e. The van der Waals surface area contributed by atoms with E-state index in [0.717, 1.165) is 0 Å². The average Bonchev–Trinajstić information content (AvgIpc) is 2.14. The van der Waals surface area contributed by atoms with E-state index < -0.39 is 0 Å². The lowest BCUT2D eigenvalue weighted by Gasteiger charge is -1.95. The van der Waals surface area contributed by atoms with Crippen molar-refractivity contribution in [3.05, 3.63) is 29.2 Å². The van der Waals surface area contributed by atoms with Crippen LogP contribution in [0.1, 0.15) is 33.6 Å². The molecule has 1 radical (unpaired) electrons. The van der Waals surface area contributed by atoms with Crippen LogP contribution in [0.5, 0.6) is 0 Å². The zero-order valence-corrected chi connectivity index (χ0v) is 7.07. The zero-order valence-electron chi connectivity index (χ0n) is 7.07. The van der Waals surface area contributed by atoms with Gasteiger partial charge in [0.05, 0.1) is 0 Å². The lowest BCUT2D eigenvalue weighted by molar-refractivity contribution is 0.928. The van der Waals surface area contributed by atoms with E-state index >= 15 is 0 Å².